The average molecular weight is 343 g/mol. The Hall–Kier alpha value is -0.350. The monoisotopic (exact) mass is 341 g/mol. The van der Waals surface area contributed by atoms with Gasteiger partial charge >= 0.3 is 0 Å². The molecule has 3 rings (SSSR count). The highest BCUT2D eigenvalue weighted by Crippen LogP contribution is 2.46. The van der Waals surface area contributed by atoms with Crippen LogP contribution in [0.2, 0.25) is 4.34 Å². The molecule has 1 aromatic heterocycles. The van der Waals surface area contributed by atoms with Gasteiger partial charge in [-0.05, 0) is 46.6 Å². The van der Waals surface area contributed by atoms with Gasteiger partial charge in [-0.25, -0.2) is 0 Å². The molecule has 0 radical (unpaired) electrons. The van der Waals surface area contributed by atoms with Crippen molar-refractivity contribution in [2.45, 2.75) is 18.4 Å². The van der Waals surface area contributed by atoms with Crippen LogP contribution in [0.15, 0.2) is 34.8 Å². The third-order valence-corrected chi connectivity index (χ3v) is 6.14. The van der Waals surface area contributed by atoms with Gasteiger partial charge in [0.1, 0.15) is 4.34 Å². The van der Waals surface area contributed by atoms with Gasteiger partial charge in [0.25, 0.3) is 0 Å². The first-order valence-electron chi connectivity index (χ1n) is 5.90. The van der Waals surface area contributed by atoms with Crippen LogP contribution in [0.1, 0.15) is 28.0 Å². The molecular weight excluding hydrogens is 330 g/mol. The lowest BCUT2D eigenvalue weighted by Gasteiger charge is -2.36. The van der Waals surface area contributed by atoms with Gasteiger partial charge in [0.05, 0.1) is 0 Å². The molecule has 18 heavy (non-hydrogen) atoms. The summed E-state index contributed by atoms with van der Waals surface area (Å²) in [7, 11) is 2.02. The Morgan fingerprint density at radius 2 is 2.22 bits per heavy atom. The molecule has 1 N–H and O–H groups in total. The van der Waals surface area contributed by atoms with Gasteiger partial charge < -0.3 is 5.32 Å². The van der Waals surface area contributed by atoms with E-state index in [1.807, 2.05) is 7.05 Å². The molecule has 0 saturated heterocycles. The molecule has 2 unspecified atom stereocenters. The molecule has 0 bridgehead atoms. The largest absolute Gasteiger partial charge is 0.312 e. The lowest BCUT2D eigenvalue weighted by atomic mass is 9.73. The number of likely N-dealkylation sites (N-methyl/N-ethyl adjacent to an activating group) is 1. The van der Waals surface area contributed by atoms with Gasteiger partial charge in [0, 0.05) is 21.3 Å². The first kappa shape index (κ1) is 12.7. The number of rotatable bonds is 3. The quantitative estimate of drug-likeness (QED) is 0.847. The molecule has 1 heterocycles. The Morgan fingerprint density at radius 3 is 2.83 bits per heavy atom. The molecule has 0 saturated carbocycles. The van der Waals surface area contributed by atoms with Gasteiger partial charge in [-0.15, -0.1) is 11.3 Å². The summed E-state index contributed by atoms with van der Waals surface area (Å²) in [5.41, 5.74) is 2.95. The number of benzene rings is 1. The van der Waals surface area contributed by atoms with E-state index in [1.165, 1.54) is 16.0 Å². The van der Waals surface area contributed by atoms with E-state index in [0.717, 1.165) is 15.2 Å². The van der Waals surface area contributed by atoms with Crippen molar-refractivity contribution >= 4 is 38.9 Å². The summed E-state index contributed by atoms with van der Waals surface area (Å²) < 4.78 is 1.83. The van der Waals surface area contributed by atoms with E-state index >= 15 is 0 Å². The Kier molecular flexibility index (Phi) is 3.50. The predicted octanol–water partition coefficient (Wildman–Crippen LogP) is 4.76. The third kappa shape index (κ3) is 2.03. The van der Waals surface area contributed by atoms with Gasteiger partial charge in [0.2, 0.25) is 0 Å². The summed E-state index contributed by atoms with van der Waals surface area (Å²) in [4.78, 5) is 1.30. The normalized spacial score (nSPS) is 19.2. The number of hydrogen-bond donors (Lipinski definition) is 1. The summed E-state index contributed by atoms with van der Waals surface area (Å²) in [6.45, 7) is 0. The fourth-order valence-corrected chi connectivity index (χ4v) is 4.57. The zero-order valence-electron chi connectivity index (χ0n) is 9.91. The van der Waals surface area contributed by atoms with Crippen LogP contribution in [0, 0.1) is 0 Å². The van der Waals surface area contributed by atoms with Crippen molar-refractivity contribution in [3.8, 4) is 0 Å². The second kappa shape index (κ2) is 4.97. The maximum Gasteiger partial charge on any atom is 0.107 e. The summed E-state index contributed by atoms with van der Waals surface area (Å²) in [5.74, 6) is 0.563. The number of fused-ring (bicyclic) bond motifs is 1. The summed E-state index contributed by atoms with van der Waals surface area (Å²) in [6, 6.07) is 11.2. The Balaban J connectivity index is 1.91. The highest BCUT2D eigenvalue weighted by atomic mass is 79.9. The summed E-state index contributed by atoms with van der Waals surface area (Å²) in [6.07, 6.45) is 1.15. The van der Waals surface area contributed by atoms with Gasteiger partial charge in [0.15, 0.2) is 0 Å². The van der Waals surface area contributed by atoms with E-state index < -0.39 is 0 Å². The first-order valence-corrected chi connectivity index (χ1v) is 7.89. The van der Waals surface area contributed by atoms with Crippen LogP contribution in [0.5, 0.6) is 0 Å². The Labute approximate surface area is 124 Å². The van der Waals surface area contributed by atoms with Crippen molar-refractivity contribution in [2.24, 2.45) is 0 Å². The van der Waals surface area contributed by atoms with Crippen LogP contribution >= 0.6 is 38.9 Å². The zero-order chi connectivity index (χ0) is 12.7. The van der Waals surface area contributed by atoms with E-state index in [1.54, 1.807) is 11.3 Å². The number of thiophene rings is 1. The topological polar surface area (TPSA) is 12.0 Å². The molecule has 1 aliphatic rings. The fourth-order valence-electron chi connectivity index (χ4n) is 2.65. The van der Waals surface area contributed by atoms with Crippen molar-refractivity contribution in [3.05, 3.63) is 55.1 Å². The smallest absolute Gasteiger partial charge is 0.107 e. The van der Waals surface area contributed by atoms with Crippen LogP contribution in [-0.4, -0.2) is 7.05 Å². The SMILES string of the molecule is CNC(c1cc(Br)c(Cl)s1)C1Cc2ccccc21. The molecule has 1 aromatic carbocycles. The Morgan fingerprint density at radius 1 is 1.44 bits per heavy atom. The van der Waals surface area contributed by atoms with Crippen LogP contribution < -0.4 is 5.32 Å². The second-order valence-corrected chi connectivity index (χ2v) is 7.09. The van der Waals surface area contributed by atoms with Gasteiger partial charge in [-0.2, -0.15) is 0 Å². The second-order valence-electron chi connectivity index (χ2n) is 4.55. The lowest BCUT2D eigenvalue weighted by molar-refractivity contribution is 0.444. The maximum absolute atomic E-state index is 6.14. The van der Waals surface area contributed by atoms with Crippen molar-refractivity contribution in [1.29, 1.82) is 0 Å². The Bertz CT molecular complexity index is 561. The lowest BCUT2D eigenvalue weighted by Crippen LogP contribution is -2.30. The minimum atomic E-state index is 0.355. The molecule has 0 fully saturated rings. The molecule has 2 atom stereocenters. The minimum Gasteiger partial charge on any atom is -0.312 e. The van der Waals surface area contributed by atoms with Crippen molar-refractivity contribution in [2.75, 3.05) is 7.05 Å². The highest BCUT2D eigenvalue weighted by Gasteiger charge is 2.33. The molecule has 2 aromatic rings. The maximum atomic E-state index is 6.14. The summed E-state index contributed by atoms with van der Waals surface area (Å²) in [5, 5.41) is 3.43. The fraction of sp³-hybridized carbons (Fsp3) is 0.286. The number of halogens is 2. The molecule has 94 valence electrons. The van der Waals surface area contributed by atoms with Crippen molar-refractivity contribution < 1.29 is 0 Å². The highest BCUT2D eigenvalue weighted by molar-refractivity contribution is 9.10. The molecule has 4 heteroatoms. The zero-order valence-corrected chi connectivity index (χ0v) is 13.1. The van der Waals surface area contributed by atoms with E-state index in [2.05, 4.69) is 51.6 Å². The van der Waals surface area contributed by atoms with Gasteiger partial charge in [-0.1, -0.05) is 35.9 Å². The average Bonchev–Trinajstić information content (AvgIpc) is 2.66. The van der Waals surface area contributed by atoms with E-state index in [9.17, 15) is 0 Å². The summed E-state index contributed by atoms with van der Waals surface area (Å²) >= 11 is 11.3. The van der Waals surface area contributed by atoms with Gasteiger partial charge in [-0.3, -0.25) is 0 Å². The molecular formula is C14H13BrClNS. The van der Waals surface area contributed by atoms with E-state index in [4.69, 9.17) is 11.6 Å². The number of hydrogen-bond acceptors (Lipinski definition) is 2. The van der Waals surface area contributed by atoms with Crippen LogP contribution in [0.4, 0.5) is 0 Å². The molecule has 1 nitrogen and oxygen atoms in total. The molecule has 0 spiro atoms. The molecule has 0 aliphatic heterocycles. The predicted molar refractivity (Wildman–Crippen MR) is 81.7 cm³/mol. The van der Waals surface area contributed by atoms with E-state index in [-0.39, 0.29) is 0 Å². The third-order valence-electron chi connectivity index (χ3n) is 3.58. The standard InChI is InChI=1S/C14H13BrClNS/c1-17-13(12-7-11(15)14(16)18-12)10-6-8-4-2-3-5-9(8)10/h2-5,7,10,13,17H,6H2,1H3. The van der Waals surface area contributed by atoms with Crippen molar-refractivity contribution in [1.82, 2.24) is 5.32 Å². The van der Waals surface area contributed by atoms with Crippen LogP contribution in [0.3, 0.4) is 0 Å². The van der Waals surface area contributed by atoms with Crippen LogP contribution in [0.25, 0.3) is 0 Å². The van der Waals surface area contributed by atoms with Crippen LogP contribution in [-0.2, 0) is 6.42 Å². The minimum absolute atomic E-state index is 0.355. The van der Waals surface area contributed by atoms with Crippen molar-refractivity contribution in [3.63, 3.8) is 0 Å². The molecule has 0 amide bonds. The number of nitrogens with one attached hydrogen (secondary N) is 1. The van der Waals surface area contributed by atoms with E-state index in [0.29, 0.717) is 12.0 Å². The molecule has 1 aliphatic carbocycles. The first-order chi connectivity index (χ1) is 8.70.